The molecule has 1 unspecified atom stereocenters. The highest BCUT2D eigenvalue weighted by Gasteiger charge is 2.21. The first-order chi connectivity index (χ1) is 10.2. The van der Waals surface area contributed by atoms with Crippen LogP contribution in [-0.2, 0) is 9.53 Å². The Labute approximate surface area is 130 Å². The first-order valence-corrected chi connectivity index (χ1v) is 8.55. The molecular weight excluding hydrogens is 266 g/mol. The van der Waals surface area contributed by atoms with Crippen molar-refractivity contribution in [3.63, 3.8) is 0 Å². The Balaban J connectivity index is 2.30. The van der Waals surface area contributed by atoms with Gasteiger partial charge in [-0.3, -0.25) is 4.79 Å². The lowest BCUT2D eigenvalue weighted by Crippen LogP contribution is -2.48. The maximum Gasteiger partial charge on any atom is 0.323 e. The lowest BCUT2D eigenvalue weighted by atomic mass is 10.1. The first kappa shape index (κ1) is 18.4. The van der Waals surface area contributed by atoms with Gasteiger partial charge in [0.15, 0.2) is 0 Å². The zero-order chi connectivity index (χ0) is 15.5. The van der Waals surface area contributed by atoms with Crippen molar-refractivity contribution in [2.45, 2.75) is 46.1 Å². The molecule has 0 aromatic rings. The van der Waals surface area contributed by atoms with Gasteiger partial charge in [-0.1, -0.05) is 13.8 Å². The summed E-state index contributed by atoms with van der Waals surface area (Å²) in [5.74, 6) is -0.101. The zero-order valence-corrected chi connectivity index (χ0v) is 14.1. The van der Waals surface area contributed by atoms with Crippen LogP contribution in [0.4, 0.5) is 0 Å². The van der Waals surface area contributed by atoms with E-state index < -0.39 is 0 Å². The topological polar surface area (TPSA) is 44.8 Å². The molecule has 0 saturated carbocycles. The smallest absolute Gasteiger partial charge is 0.323 e. The standard InChI is InChI=1S/C16H33N3O2/c1-4-8-17-15(16(20)21-6-3)7-10-19-13-11-18(9-5-2)12-14-19/h15,17H,4-14H2,1-3H3. The van der Waals surface area contributed by atoms with E-state index in [4.69, 9.17) is 4.74 Å². The number of nitrogens with zero attached hydrogens (tertiary/aromatic N) is 2. The normalized spacial score (nSPS) is 18.6. The monoisotopic (exact) mass is 299 g/mol. The van der Waals surface area contributed by atoms with Crippen LogP contribution in [0, 0.1) is 0 Å². The molecular formula is C16H33N3O2. The van der Waals surface area contributed by atoms with Gasteiger partial charge in [-0.25, -0.2) is 0 Å². The Bertz CT molecular complexity index is 279. The predicted octanol–water partition coefficient (Wildman–Crippen LogP) is 1.34. The molecule has 0 amide bonds. The molecule has 1 rings (SSSR count). The Morgan fingerprint density at radius 2 is 1.67 bits per heavy atom. The molecule has 0 aromatic carbocycles. The molecule has 21 heavy (non-hydrogen) atoms. The van der Waals surface area contributed by atoms with Gasteiger partial charge < -0.3 is 19.9 Å². The predicted molar refractivity (Wildman–Crippen MR) is 86.5 cm³/mol. The minimum Gasteiger partial charge on any atom is -0.465 e. The number of esters is 1. The van der Waals surface area contributed by atoms with Crippen molar-refractivity contribution in [2.75, 3.05) is 52.4 Å². The summed E-state index contributed by atoms with van der Waals surface area (Å²) in [4.78, 5) is 16.9. The van der Waals surface area contributed by atoms with E-state index in [0.717, 1.165) is 52.1 Å². The van der Waals surface area contributed by atoms with Crippen LogP contribution in [0.25, 0.3) is 0 Å². The van der Waals surface area contributed by atoms with E-state index in [9.17, 15) is 4.79 Å². The van der Waals surface area contributed by atoms with Gasteiger partial charge >= 0.3 is 5.97 Å². The van der Waals surface area contributed by atoms with Crippen LogP contribution < -0.4 is 5.32 Å². The highest BCUT2D eigenvalue weighted by atomic mass is 16.5. The minimum absolute atomic E-state index is 0.101. The number of nitrogens with one attached hydrogen (secondary N) is 1. The number of hydrogen-bond acceptors (Lipinski definition) is 5. The average Bonchev–Trinajstić information content (AvgIpc) is 2.49. The SMILES string of the molecule is CCCNC(CCN1CCN(CCC)CC1)C(=O)OCC. The third-order valence-electron chi connectivity index (χ3n) is 3.95. The van der Waals surface area contributed by atoms with Crippen LogP contribution in [0.5, 0.6) is 0 Å². The summed E-state index contributed by atoms with van der Waals surface area (Å²) in [6.45, 7) is 14.2. The molecule has 0 aliphatic carbocycles. The largest absolute Gasteiger partial charge is 0.465 e. The van der Waals surface area contributed by atoms with Gasteiger partial charge in [0.1, 0.15) is 6.04 Å². The second kappa shape index (κ2) is 11.0. The number of carbonyl (C=O) groups is 1. The molecule has 124 valence electrons. The molecule has 1 fully saturated rings. The van der Waals surface area contributed by atoms with Gasteiger partial charge in [0, 0.05) is 32.7 Å². The van der Waals surface area contributed by atoms with Gasteiger partial charge in [-0.05, 0) is 39.3 Å². The molecule has 0 aromatic heterocycles. The highest BCUT2D eigenvalue weighted by Crippen LogP contribution is 2.05. The Hall–Kier alpha value is -0.650. The number of piperazine rings is 1. The maximum absolute atomic E-state index is 11.9. The van der Waals surface area contributed by atoms with E-state index in [1.165, 1.54) is 13.0 Å². The summed E-state index contributed by atoms with van der Waals surface area (Å²) in [7, 11) is 0. The van der Waals surface area contributed by atoms with E-state index in [1.807, 2.05) is 6.92 Å². The van der Waals surface area contributed by atoms with E-state index in [1.54, 1.807) is 0 Å². The summed E-state index contributed by atoms with van der Waals surface area (Å²) >= 11 is 0. The van der Waals surface area contributed by atoms with E-state index in [-0.39, 0.29) is 12.0 Å². The molecule has 0 bridgehead atoms. The van der Waals surface area contributed by atoms with E-state index in [0.29, 0.717) is 6.61 Å². The first-order valence-electron chi connectivity index (χ1n) is 8.55. The molecule has 1 atom stereocenters. The Kier molecular flexibility index (Phi) is 9.63. The molecule has 5 nitrogen and oxygen atoms in total. The molecule has 1 saturated heterocycles. The third-order valence-corrected chi connectivity index (χ3v) is 3.95. The van der Waals surface area contributed by atoms with Crippen LogP contribution in [0.3, 0.4) is 0 Å². The summed E-state index contributed by atoms with van der Waals surface area (Å²) in [5, 5.41) is 3.31. The lowest BCUT2D eigenvalue weighted by molar-refractivity contribution is -0.146. The van der Waals surface area contributed by atoms with Crippen LogP contribution in [0.15, 0.2) is 0 Å². The molecule has 0 spiro atoms. The quantitative estimate of drug-likeness (QED) is 0.617. The van der Waals surface area contributed by atoms with Crippen molar-refractivity contribution in [3.05, 3.63) is 0 Å². The second-order valence-electron chi connectivity index (χ2n) is 5.73. The van der Waals surface area contributed by atoms with E-state index >= 15 is 0 Å². The van der Waals surface area contributed by atoms with Crippen LogP contribution in [0.2, 0.25) is 0 Å². The van der Waals surface area contributed by atoms with Crippen LogP contribution >= 0.6 is 0 Å². The van der Waals surface area contributed by atoms with E-state index in [2.05, 4.69) is 29.0 Å². The highest BCUT2D eigenvalue weighted by molar-refractivity contribution is 5.75. The zero-order valence-electron chi connectivity index (χ0n) is 14.1. The lowest BCUT2D eigenvalue weighted by Gasteiger charge is -2.35. The number of ether oxygens (including phenoxy) is 1. The van der Waals surface area contributed by atoms with Crippen LogP contribution in [-0.4, -0.2) is 74.2 Å². The molecule has 0 radical (unpaired) electrons. The fourth-order valence-corrected chi connectivity index (χ4v) is 2.73. The third kappa shape index (κ3) is 7.25. The van der Waals surface area contributed by atoms with Gasteiger partial charge in [-0.2, -0.15) is 0 Å². The molecule has 1 N–H and O–H groups in total. The molecule has 5 heteroatoms. The Morgan fingerprint density at radius 3 is 2.19 bits per heavy atom. The maximum atomic E-state index is 11.9. The van der Waals surface area contributed by atoms with Gasteiger partial charge in [0.05, 0.1) is 6.61 Å². The molecule has 1 aliphatic heterocycles. The minimum atomic E-state index is -0.154. The summed E-state index contributed by atoms with van der Waals surface area (Å²) in [6.07, 6.45) is 3.10. The molecule has 1 heterocycles. The van der Waals surface area contributed by atoms with Gasteiger partial charge in [0.2, 0.25) is 0 Å². The summed E-state index contributed by atoms with van der Waals surface area (Å²) < 4.78 is 5.16. The van der Waals surface area contributed by atoms with Crippen molar-refractivity contribution < 1.29 is 9.53 Å². The fraction of sp³-hybridized carbons (Fsp3) is 0.938. The number of rotatable bonds is 10. The number of hydrogen-bond donors (Lipinski definition) is 1. The summed E-state index contributed by atoms with van der Waals surface area (Å²) in [6, 6.07) is -0.154. The van der Waals surface area contributed by atoms with Gasteiger partial charge in [0.25, 0.3) is 0 Å². The Morgan fingerprint density at radius 1 is 1.05 bits per heavy atom. The average molecular weight is 299 g/mol. The molecule has 1 aliphatic rings. The summed E-state index contributed by atoms with van der Waals surface area (Å²) in [5.41, 5.74) is 0. The fourth-order valence-electron chi connectivity index (χ4n) is 2.73. The second-order valence-corrected chi connectivity index (χ2v) is 5.73. The van der Waals surface area contributed by atoms with Crippen molar-refractivity contribution in [3.8, 4) is 0 Å². The van der Waals surface area contributed by atoms with Crippen molar-refractivity contribution in [1.29, 1.82) is 0 Å². The van der Waals surface area contributed by atoms with Crippen molar-refractivity contribution in [1.82, 2.24) is 15.1 Å². The van der Waals surface area contributed by atoms with Crippen molar-refractivity contribution >= 4 is 5.97 Å². The van der Waals surface area contributed by atoms with Gasteiger partial charge in [-0.15, -0.1) is 0 Å². The number of carbonyl (C=O) groups excluding carboxylic acids is 1. The van der Waals surface area contributed by atoms with Crippen LogP contribution in [0.1, 0.15) is 40.0 Å². The van der Waals surface area contributed by atoms with Crippen molar-refractivity contribution in [2.24, 2.45) is 0 Å².